The number of nitrogens with one attached hydrogen (secondary N) is 1. The van der Waals surface area contributed by atoms with Crippen LogP contribution in [0.15, 0.2) is 0 Å². The predicted molar refractivity (Wildman–Crippen MR) is 102 cm³/mol. The van der Waals surface area contributed by atoms with Gasteiger partial charge >= 0.3 is 0 Å². The lowest BCUT2D eigenvalue weighted by Crippen LogP contribution is -2.53. The molecule has 0 aromatic heterocycles. The van der Waals surface area contributed by atoms with Gasteiger partial charge in [-0.05, 0) is 43.6 Å². The monoisotopic (exact) mass is 367 g/mol. The smallest absolute Gasteiger partial charge is 0.246 e. The highest BCUT2D eigenvalue weighted by atomic mass is 32.2. The van der Waals surface area contributed by atoms with Crippen LogP contribution in [0.3, 0.4) is 0 Å². The molecule has 1 saturated carbocycles. The van der Waals surface area contributed by atoms with Crippen LogP contribution in [0.2, 0.25) is 0 Å². The van der Waals surface area contributed by atoms with Crippen molar-refractivity contribution >= 4 is 23.6 Å². The molecular formula is C19H33N3O2S. The minimum atomic E-state index is -0.254. The van der Waals surface area contributed by atoms with Crippen LogP contribution in [-0.2, 0) is 9.59 Å². The molecule has 1 unspecified atom stereocenters. The minimum Gasteiger partial charge on any atom is -0.341 e. The van der Waals surface area contributed by atoms with Crippen molar-refractivity contribution in [1.82, 2.24) is 15.1 Å². The summed E-state index contributed by atoms with van der Waals surface area (Å²) in [5.74, 6) is 2.58. The summed E-state index contributed by atoms with van der Waals surface area (Å²) in [7, 11) is 0. The highest BCUT2D eigenvalue weighted by Gasteiger charge is 2.38. The Kier molecular flexibility index (Phi) is 5.99. The molecule has 3 fully saturated rings. The highest BCUT2D eigenvalue weighted by molar-refractivity contribution is 7.99. The first-order chi connectivity index (χ1) is 11.8. The SMILES string of the molecule is CC(C)(C)CC(=O)N1CSCC1C(=O)N1CCC(NCC2CC2)CC1. The lowest BCUT2D eigenvalue weighted by Gasteiger charge is -2.36. The Morgan fingerprint density at radius 3 is 2.40 bits per heavy atom. The Labute approximate surface area is 156 Å². The van der Waals surface area contributed by atoms with E-state index >= 15 is 0 Å². The van der Waals surface area contributed by atoms with Crippen molar-refractivity contribution in [2.45, 2.75) is 65.0 Å². The van der Waals surface area contributed by atoms with Crippen LogP contribution in [0.25, 0.3) is 0 Å². The lowest BCUT2D eigenvalue weighted by molar-refractivity contribution is -0.145. The lowest BCUT2D eigenvalue weighted by atomic mass is 9.91. The number of hydrogen-bond donors (Lipinski definition) is 1. The van der Waals surface area contributed by atoms with Gasteiger partial charge in [-0.15, -0.1) is 11.8 Å². The summed E-state index contributed by atoms with van der Waals surface area (Å²) in [5, 5.41) is 3.66. The van der Waals surface area contributed by atoms with E-state index in [1.807, 2.05) is 9.80 Å². The molecule has 5 nitrogen and oxygen atoms in total. The zero-order valence-corrected chi connectivity index (χ0v) is 16.7. The molecule has 2 aliphatic heterocycles. The fourth-order valence-corrected chi connectivity index (χ4v) is 4.79. The number of amides is 2. The van der Waals surface area contributed by atoms with Gasteiger partial charge in [0.25, 0.3) is 0 Å². The van der Waals surface area contributed by atoms with E-state index in [-0.39, 0.29) is 23.3 Å². The van der Waals surface area contributed by atoms with Gasteiger partial charge in [0, 0.05) is 31.3 Å². The van der Waals surface area contributed by atoms with E-state index in [4.69, 9.17) is 0 Å². The van der Waals surface area contributed by atoms with Gasteiger partial charge in [-0.1, -0.05) is 20.8 Å². The van der Waals surface area contributed by atoms with Crippen molar-refractivity contribution in [3.63, 3.8) is 0 Å². The van der Waals surface area contributed by atoms with Gasteiger partial charge < -0.3 is 15.1 Å². The van der Waals surface area contributed by atoms with Crippen LogP contribution in [-0.4, -0.2) is 65.0 Å². The molecule has 0 aromatic rings. The van der Waals surface area contributed by atoms with Crippen molar-refractivity contribution in [2.24, 2.45) is 11.3 Å². The third kappa shape index (κ3) is 5.36. The fraction of sp³-hybridized carbons (Fsp3) is 0.895. The molecule has 1 atom stereocenters. The quantitative estimate of drug-likeness (QED) is 0.810. The van der Waals surface area contributed by atoms with Crippen LogP contribution in [0.4, 0.5) is 0 Å². The molecule has 2 saturated heterocycles. The summed E-state index contributed by atoms with van der Waals surface area (Å²) in [4.78, 5) is 29.4. The molecule has 3 rings (SSSR count). The summed E-state index contributed by atoms with van der Waals surface area (Å²) < 4.78 is 0. The number of piperidine rings is 1. The van der Waals surface area contributed by atoms with Crippen molar-refractivity contribution in [2.75, 3.05) is 31.3 Å². The number of hydrogen-bond acceptors (Lipinski definition) is 4. The average Bonchev–Trinajstić information content (AvgIpc) is 3.25. The molecule has 0 spiro atoms. The molecule has 2 amide bonds. The summed E-state index contributed by atoms with van der Waals surface area (Å²) in [6, 6.07) is 0.303. The van der Waals surface area contributed by atoms with Crippen LogP contribution < -0.4 is 5.32 Å². The van der Waals surface area contributed by atoms with Crippen LogP contribution in [0.5, 0.6) is 0 Å². The number of nitrogens with zero attached hydrogens (tertiary/aromatic N) is 2. The number of likely N-dealkylation sites (tertiary alicyclic amines) is 1. The second-order valence-corrected chi connectivity index (χ2v) is 10.1. The van der Waals surface area contributed by atoms with Crippen LogP contribution in [0, 0.1) is 11.3 Å². The Bertz CT molecular complexity index is 493. The van der Waals surface area contributed by atoms with Crippen LogP contribution in [0.1, 0.15) is 52.9 Å². The van der Waals surface area contributed by atoms with Crippen molar-refractivity contribution in [1.29, 1.82) is 0 Å². The summed E-state index contributed by atoms with van der Waals surface area (Å²) in [6.07, 6.45) is 5.33. The van der Waals surface area contributed by atoms with E-state index in [1.165, 1.54) is 12.8 Å². The second kappa shape index (κ2) is 7.87. The van der Waals surface area contributed by atoms with Crippen LogP contribution >= 0.6 is 11.8 Å². The Morgan fingerprint density at radius 2 is 1.80 bits per heavy atom. The largest absolute Gasteiger partial charge is 0.341 e. The van der Waals surface area contributed by atoms with Gasteiger partial charge in [0.1, 0.15) is 6.04 Å². The molecular weight excluding hydrogens is 334 g/mol. The average molecular weight is 368 g/mol. The second-order valence-electron chi connectivity index (χ2n) is 9.07. The summed E-state index contributed by atoms with van der Waals surface area (Å²) >= 11 is 1.70. The highest BCUT2D eigenvalue weighted by Crippen LogP contribution is 2.29. The van der Waals surface area contributed by atoms with E-state index < -0.39 is 0 Å². The van der Waals surface area contributed by atoms with Gasteiger partial charge in [-0.25, -0.2) is 0 Å². The normalized spacial score (nSPS) is 25.5. The Hall–Kier alpha value is -0.750. The predicted octanol–water partition coefficient (Wildman–Crippen LogP) is 2.31. The number of carbonyl (C=O) groups excluding carboxylic acids is 2. The Balaban J connectivity index is 1.49. The number of rotatable bonds is 5. The summed E-state index contributed by atoms with van der Waals surface area (Å²) in [5.41, 5.74) is -0.0382. The fourth-order valence-electron chi connectivity index (χ4n) is 3.62. The van der Waals surface area contributed by atoms with Crippen molar-refractivity contribution in [3.8, 4) is 0 Å². The number of thioether (sulfide) groups is 1. The van der Waals surface area contributed by atoms with Gasteiger partial charge in [0.05, 0.1) is 5.88 Å². The molecule has 6 heteroatoms. The maximum Gasteiger partial charge on any atom is 0.246 e. The van der Waals surface area contributed by atoms with Gasteiger partial charge in [-0.3, -0.25) is 9.59 Å². The molecule has 1 aliphatic carbocycles. The van der Waals surface area contributed by atoms with Gasteiger partial charge in [0.2, 0.25) is 11.8 Å². The molecule has 25 heavy (non-hydrogen) atoms. The molecule has 2 heterocycles. The Morgan fingerprint density at radius 1 is 1.12 bits per heavy atom. The third-order valence-corrected chi connectivity index (χ3v) is 6.38. The first-order valence-corrected chi connectivity index (χ1v) is 10.9. The molecule has 3 aliphatic rings. The first-order valence-electron chi connectivity index (χ1n) is 9.73. The van der Waals surface area contributed by atoms with E-state index in [0.717, 1.165) is 44.1 Å². The number of carbonyl (C=O) groups is 2. The minimum absolute atomic E-state index is 0.0382. The maximum atomic E-state index is 13.0. The molecule has 1 N–H and O–H groups in total. The molecule has 0 bridgehead atoms. The zero-order valence-electron chi connectivity index (χ0n) is 15.9. The van der Waals surface area contributed by atoms with Gasteiger partial charge in [-0.2, -0.15) is 0 Å². The van der Waals surface area contributed by atoms with E-state index in [2.05, 4.69) is 26.1 Å². The standard InChI is InChI=1S/C19H33N3O2S/c1-19(2,3)10-17(23)22-13-25-12-16(22)18(24)21-8-6-15(7-9-21)20-11-14-4-5-14/h14-16,20H,4-13H2,1-3H3. The first kappa shape index (κ1) is 19.0. The zero-order chi connectivity index (χ0) is 18.0. The topological polar surface area (TPSA) is 52.7 Å². The van der Waals surface area contributed by atoms with Gasteiger partial charge in [0.15, 0.2) is 0 Å². The molecule has 0 aromatic carbocycles. The van der Waals surface area contributed by atoms with E-state index in [9.17, 15) is 9.59 Å². The molecule has 0 radical (unpaired) electrons. The van der Waals surface area contributed by atoms with Crippen molar-refractivity contribution in [3.05, 3.63) is 0 Å². The third-order valence-electron chi connectivity index (χ3n) is 5.37. The van der Waals surface area contributed by atoms with E-state index in [1.54, 1.807) is 11.8 Å². The van der Waals surface area contributed by atoms with Crippen molar-refractivity contribution < 1.29 is 9.59 Å². The maximum absolute atomic E-state index is 13.0. The molecule has 142 valence electrons. The summed E-state index contributed by atoms with van der Waals surface area (Å²) in [6.45, 7) is 9.01. The van der Waals surface area contributed by atoms with E-state index in [0.29, 0.717) is 18.3 Å².